The molecule has 13 heteroatoms. The van der Waals surface area contributed by atoms with E-state index in [1.54, 1.807) is 18.7 Å². The molecule has 2 fully saturated rings. The number of morpholine rings is 1. The van der Waals surface area contributed by atoms with Crippen molar-refractivity contribution in [1.82, 2.24) is 19.4 Å². The number of carbonyl (C=O) groups is 1. The van der Waals surface area contributed by atoms with Crippen LogP contribution in [-0.2, 0) is 20.9 Å². The van der Waals surface area contributed by atoms with Crippen LogP contribution in [0.25, 0.3) is 11.2 Å². The van der Waals surface area contributed by atoms with E-state index in [4.69, 9.17) is 14.5 Å². The minimum atomic E-state index is -1.86. The highest BCUT2D eigenvalue weighted by Crippen LogP contribution is 2.40. The fraction of sp³-hybridized carbons (Fsp3) is 0.351. The first-order valence-electron chi connectivity index (χ1n) is 16.8. The molecule has 7 rings (SSSR count). The van der Waals surface area contributed by atoms with E-state index in [0.717, 1.165) is 16.7 Å². The van der Waals surface area contributed by atoms with Crippen LogP contribution >= 0.6 is 0 Å². The van der Waals surface area contributed by atoms with Gasteiger partial charge in [0, 0.05) is 19.0 Å². The molecule has 0 bridgehead atoms. The van der Waals surface area contributed by atoms with Gasteiger partial charge in [0.2, 0.25) is 11.8 Å². The maximum atomic E-state index is 14.3. The Morgan fingerprint density at radius 2 is 1.52 bits per heavy atom. The standard InChI is InChI=1S/C37H40N6O7/c1-24(2)34(48)42-23-43(37(41-18-20-49-21-19-41)31(46)30(45)28(22-44)50-37)32-29(42)33(47)39-35(38-32)40-36(25-12-6-3-7-13-25,26-14-8-4-9-15-26)27-16-10-5-11-17-27/h3-17,23-24,28,30-31,44-46H,18-22H2,1-2H3,(H-,38,39,40,47)/p+1/t28-,30-,31-,37+/m1/s1. The summed E-state index contributed by atoms with van der Waals surface area (Å²) in [4.78, 5) is 37.6. The number of anilines is 1. The summed E-state index contributed by atoms with van der Waals surface area (Å²) >= 11 is 0. The van der Waals surface area contributed by atoms with Crippen LogP contribution in [0.3, 0.4) is 0 Å². The smallest absolute Gasteiger partial charge is 0.315 e. The molecule has 4 heterocycles. The molecule has 2 aromatic heterocycles. The zero-order chi connectivity index (χ0) is 35.0. The molecule has 0 spiro atoms. The first-order chi connectivity index (χ1) is 24.2. The van der Waals surface area contributed by atoms with Crippen molar-refractivity contribution in [2.75, 3.05) is 38.2 Å². The van der Waals surface area contributed by atoms with Gasteiger partial charge in [-0.2, -0.15) is 9.13 Å². The molecule has 0 aliphatic carbocycles. The maximum absolute atomic E-state index is 14.3. The number of H-pyrrole nitrogens is 1. The predicted octanol–water partition coefficient (Wildman–Crippen LogP) is 1.77. The lowest BCUT2D eigenvalue weighted by Crippen LogP contribution is -2.73. The molecule has 2 aliphatic heterocycles. The van der Waals surface area contributed by atoms with Crippen molar-refractivity contribution in [1.29, 1.82) is 0 Å². The normalized spacial score (nSPS) is 23.0. The van der Waals surface area contributed by atoms with E-state index in [1.165, 1.54) is 15.5 Å². The van der Waals surface area contributed by atoms with Gasteiger partial charge in [-0.15, -0.1) is 0 Å². The largest absolute Gasteiger partial charge is 0.394 e. The van der Waals surface area contributed by atoms with Gasteiger partial charge in [0.15, 0.2) is 6.10 Å². The number of imidazole rings is 1. The highest BCUT2D eigenvalue weighted by molar-refractivity contribution is 5.88. The third-order valence-electron chi connectivity index (χ3n) is 9.64. The van der Waals surface area contributed by atoms with Crippen LogP contribution in [0.4, 0.5) is 5.95 Å². The zero-order valence-electron chi connectivity index (χ0n) is 27.8. The topological polar surface area (TPSA) is 166 Å². The second-order valence-electron chi connectivity index (χ2n) is 12.9. The molecule has 0 saturated carbocycles. The van der Waals surface area contributed by atoms with Gasteiger partial charge in [-0.05, 0) is 16.7 Å². The van der Waals surface area contributed by atoms with Crippen molar-refractivity contribution >= 4 is 23.0 Å². The number of aliphatic hydroxyl groups is 3. The molecule has 0 unspecified atom stereocenters. The summed E-state index contributed by atoms with van der Waals surface area (Å²) in [5.74, 6) is -2.68. The van der Waals surface area contributed by atoms with Crippen molar-refractivity contribution < 1.29 is 34.2 Å². The number of carbonyl (C=O) groups excluding carboxylic acids is 1. The number of ether oxygens (including phenoxy) is 2. The van der Waals surface area contributed by atoms with E-state index < -0.39 is 53.7 Å². The Hall–Kier alpha value is -4.76. The molecule has 0 amide bonds. The molecule has 4 atom stereocenters. The van der Waals surface area contributed by atoms with Crippen LogP contribution in [0.1, 0.15) is 35.3 Å². The summed E-state index contributed by atoms with van der Waals surface area (Å²) in [6, 6.07) is 29.4. The van der Waals surface area contributed by atoms with Crippen molar-refractivity contribution in [3.8, 4) is 0 Å². The van der Waals surface area contributed by atoms with E-state index >= 15 is 0 Å². The first-order valence-corrected chi connectivity index (χ1v) is 16.8. The van der Waals surface area contributed by atoms with E-state index in [-0.39, 0.29) is 30.2 Å². The number of aromatic nitrogens is 4. The van der Waals surface area contributed by atoms with Crippen molar-refractivity contribution in [2.45, 2.75) is 43.5 Å². The van der Waals surface area contributed by atoms with E-state index in [9.17, 15) is 24.9 Å². The fourth-order valence-electron chi connectivity index (χ4n) is 7.20. The maximum Gasteiger partial charge on any atom is 0.315 e. The summed E-state index contributed by atoms with van der Waals surface area (Å²) in [6.07, 6.45) is -2.87. The van der Waals surface area contributed by atoms with Crippen molar-refractivity contribution in [3.05, 3.63) is 124 Å². The van der Waals surface area contributed by atoms with Gasteiger partial charge >= 0.3 is 5.65 Å². The Kier molecular flexibility index (Phi) is 9.11. The molecule has 2 aliphatic rings. The summed E-state index contributed by atoms with van der Waals surface area (Å²) in [5, 5.41) is 36.7. The fourth-order valence-corrected chi connectivity index (χ4v) is 7.20. The van der Waals surface area contributed by atoms with Gasteiger partial charge in [0.1, 0.15) is 17.7 Å². The lowest BCUT2D eigenvalue weighted by molar-refractivity contribution is -0.822. The Balaban J connectivity index is 1.51. The summed E-state index contributed by atoms with van der Waals surface area (Å²) in [5.41, 5.74) is 0.889. The second kappa shape index (κ2) is 13.5. The monoisotopic (exact) mass is 681 g/mol. The number of hydrogen-bond donors (Lipinski definition) is 5. The Morgan fingerprint density at radius 3 is 2.00 bits per heavy atom. The minimum absolute atomic E-state index is 0.0182. The number of rotatable bonds is 9. The third kappa shape index (κ3) is 5.43. The van der Waals surface area contributed by atoms with Crippen LogP contribution in [0.2, 0.25) is 0 Å². The van der Waals surface area contributed by atoms with Crippen molar-refractivity contribution in [3.63, 3.8) is 0 Å². The van der Waals surface area contributed by atoms with Gasteiger partial charge < -0.3 is 30.1 Å². The molecule has 5 N–H and O–H groups in total. The average molecular weight is 682 g/mol. The van der Waals surface area contributed by atoms with Gasteiger partial charge in [0.25, 0.3) is 23.3 Å². The lowest BCUT2D eigenvalue weighted by Gasteiger charge is -2.41. The van der Waals surface area contributed by atoms with Crippen LogP contribution in [0.15, 0.2) is 102 Å². The van der Waals surface area contributed by atoms with Gasteiger partial charge in [-0.1, -0.05) is 110 Å². The average Bonchev–Trinajstić information content (AvgIpc) is 3.67. The Morgan fingerprint density at radius 1 is 0.980 bits per heavy atom. The Labute approximate surface area is 288 Å². The van der Waals surface area contributed by atoms with Crippen LogP contribution in [0.5, 0.6) is 0 Å². The number of aromatic amines is 1. The van der Waals surface area contributed by atoms with Crippen molar-refractivity contribution in [2.24, 2.45) is 5.92 Å². The summed E-state index contributed by atoms with van der Waals surface area (Å²) in [7, 11) is 0. The van der Waals surface area contributed by atoms with Crippen LogP contribution < -0.4 is 15.4 Å². The number of hydrogen-bond acceptors (Lipinski definition) is 10. The zero-order valence-corrected chi connectivity index (χ0v) is 27.8. The van der Waals surface area contributed by atoms with Gasteiger partial charge in [-0.3, -0.25) is 14.6 Å². The quantitative estimate of drug-likeness (QED) is 0.114. The third-order valence-corrected chi connectivity index (χ3v) is 9.64. The molecular weight excluding hydrogens is 640 g/mol. The number of nitrogens with zero attached hydrogens (tertiary/aromatic N) is 4. The summed E-state index contributed by atoms with van der Waals surface area (Å²) < 4.78 is 14.6. The van der Waals surface area contributed by atoms with Gasteiger partial charge in [-0.25, -0.2) is 4.90 Å². The first kappa shape index (κ1) is 33.7. The summed E-state index contributed by atoms with van der Waals surface area (Å²) in [6.45, 7) is 4.03. The number of nitrogens with one attached hydrogen (secondary N) is 2. The Bertz CT molecular complexity index is 1920. The SMILES string of the molecule is CC(C)C(=O)n1c[n+]([C@]2(N3CCOCC3)O[C@H](CO)[C@@H](O)[C@H]2O)c2nc(NC(c3ccccc3)(c3ccccc3)c3ccccc3)[nH]c(=O)c21. The second-order valence-corrected chi connectivity index (χ2v) is 12.9. The number of benzene rings is 3. The van der Waals surface area contributed by atoms with Crippen LogP contribution in [-0.4, -0.2) is 91.9 Å². The molecule has 13 nitrogen and oxygen atoms in total. The number of aliphatic hydroxyl groups excluding tert-OH is 3. The van der Waals surface area contributed by atoms with Gasteiger partial charge in [0.05, 0.1) is 19.8 Å². The van der Waals surface area contributed by atoms with Crippen LogP contribution in [0, 0.1) is 5.92 Å². The van der Waals surface area contributed by atoms with E-state index in [0.29, 0.717) is 13.2 Å². The molecular formula is C37H41N6O7+. The predicted molar refractivity (Wildman–Crippen MR) is 183 cm³/mol. The lowest BCUT2D eigenvalue weighted by atomic mass is 9.77. The molecule has 50 heavy (non-hydrogen) atoms. The molecule has 0 radical (unpaired) electrons. The molecule has 2 saturated heterocycles. The van der Waals surface area contributed by atoms with E-state index in [1.807, 2.05) is 91.0 Å². The molecule has 260 valence electrons. The minimum Gasteiger partial charge on any atom is -0.394 e. The van der Waals surface area contributed by atoms with E-state index in [2.05, 4.69) is 10.3 Å². The molecule has 5 aromatic rings. The highest BCUT2D eigenvalue weighted by atomic mass is 16.6. The highest BCUT2D eigenvalue weighted by Gasteiger charge is 2.63. The molecule has 3 aromatic carbocycles. The number of fused-ring (bicyclic) bond motifs is 1.